The van der Waals surface area contributed by atoms with Crippen LogP contribution >= 0.6 is 0 Å². The average Bonchev–Trinajstić information content (AvgIpc) is 2.18. The van der Waals surface area contributed by atoms with Gasteiger partial charge in [0.05, 0.1) is 0 Å². The number of phenols is 1. The van der Waals surface area contributed by atoms with E-state index in [9.17, 15) is 4.79 Å². The zero-order valence-electron chi connectivity index (χ0n) is 7.62. The number of phenolic OH excluding ortho intramolecular Hbond substituents is 1. The Bertz CT molecular complexity index is 493. The number of aromatic hydroxyl groups is 1. The van der Waals surface area contributed by atoms with Crippen LogP contribution in [0.15, 0.2) is 39.5 Å². The number of hydrogen-bond acceptors (Lipinski definition) is 5. The summed E-state index contributed by atoms with van der Waals surface area (Å²) in [7, 11) is 0. The van der Waals surface area contributed by atoms with Gasteiger partial charge in [-0.1, -0.05) is 0 Å². The minimum Gasteiger partial charge on any atom is -0.508 e. The van der Waals surface area contributed by atoms with Crippen molar-refractivity contribution in [1.29, 1.82) is 0 Å². The van der Waals surface area contributed by atoms with Crippen molar-refractivity contribution in [3.63, 3.8) is 0 Å². The van der Waals surface area contributed by atoms with E-state index in [2.05, 4.69) is 0 Å². The predicted molar refractivity (Wildman–Crippen MR) is 54.3 cm³/mol. The molecule has 0 spiro atoms. The van der Waals surface area contributed by atoms with E-state index in [1.54, 1.807) is 18.2 Å². The van der Waals surface area contributed by atoms with Gasteiger partial charge in [0, 0.05) is 17.5 Å². The molecule has 2 aromatic rings. The average molecular weight is 207 g/mol. The third-order valence-electron chi connectivity index (χ3n) is 1.61. The lowest BCUT2D eigenvalue weighted by Crippen LogP contribution is -1.93. The molecule has 0 aliphatic rings. The molecule has 0 atom stereocenters. The molecule has 1 aromatic carbocycles. The number of hydrogen-bond donors (Lipinski definition) is 3. The SMILES string of the molecule is O=c1ccc2ccc(O)cc2o1.O[B]O. The Labute approximate surface area is 85.5 Å². The molecule has 6 heteroatoms. The van der Waals surface area contributed by atoms with Gasteiger partial charge in [0.1, 0.15) is 11.3 Å². The minimum atomic E-state index is -0.409. The molecule has 2 rings (SSSR count). The molecule has 5 nitrogen and oxygen atoms in total. The van der Waals surface area contributed by atoms with Crippen molar-refractivity contribution in [3.05, 3.63) is 40.8 Å². The van der Waals surface area contributed by atoms with E-state index in [1.807, 2.05) is 0 Å². The van der Waals surface area contributed by atoms with Crippen LogP contribution in [0.5, 0.6) is 5.75 Å². The van der Waals surface area contributed by atoms with Crippen LogP contribution < -0.4 is 5.63 Å². The first-order valence-electron chi connectivity index (χ1n) is 4.00. The maximum Gasteiger partial charge on any atom is 0.482 e. The fourth-order valence-electron chi connectivity index (χ4n) is 1.05. The number of benzene rings is 1. The summed E-state index contributed by atoms with van der Waals surface area (Å²) in [5, 5.41) is 23.9. The highest BCUT2D eigenvalue weighted by atomic mass is 16.4. The van der Waals surface area contributed by atoms with Crippen LogP contribution in [-0.4, -0.2) is 22.8 Å². The van der Waals surface area contributed by atoms with E-state index in [0.717, 1.165) is 5.39 Å². The molecular formula is C9H8BO5. The van der Waals surface area contributed by atoms with Gasteiger partial charge in [0.25, 0.3) is 0 Å². The Morgan fingerprint density at radius 3 is 2.40 bits per heavy atom. The molecule has 0 unspecified atom stereocenters. The van der Waals surface area contributed by atoms with Crippen molar-refractivity contribution in [1.82, 2.24) is 0 Å². The third kappa shape index (κ3) is 3.12. The molecule has 0 aliphatic heterocycles. The lowest BCUT2D eigenvalue weighted by atomic mass is 10.2. The van der Waals surface area contributed by atoms with Crippen LogP contribution in [0, 0.1) is 0 Å². The van der Waals surface area contributed by atoms with Gasteiger partial charge in [-0.05, 0) is 18.2 Å². The Morgan fingerprint density at radius 1 is 1.13 bits per heavy atom. The summed E-state index contributed by atoms with van der Waals surface area (Å²) < 4.78 is 4.83. The minimum absolute atomic E-state index is 0. The Morgan fingerprint density at radius 2 is 1.73 bits per heavy atom. The van der Waals surface area contributed by atoms with Crippen molar-refractivity contribution >= 4 is 18.7 Å². The second kappa shape index (κ2) is 5.18. The molecule has 0 saturated heterocycles. The fourth-order valence-corrected chi connectivity index (χ4v) is 1.05. The molecule has 0 bridgehead atoms. The van der Waals surface area contributed by atoms with Crippen LogP contribution in [0.2, 0.25) is 0 Å². The first-order valence-corrected chi connectivity index (χ1v) is 4.00. The first kappa shape index (κ1) is 11.3. The van der Waals surface area contributed by atoms with Crippen molar-refractivity contribution in [2.24, 2.45) is 0 Å². The van der Waals surface area contributed by atoms with E-state index >= 15 is 0 Å². The lowest BCUT2D eigenvalue weighted by molar-refractivity contribution is 0.448. The van der Waals surface area contributed by atoms with Crippen LogP contribution in [0.4, 0.5) is 0 Å². The largest absolute Gasteiger partial charge is 0.508 e. The summed E-state index contributed by atoms with van der Waals surface area (Å²) in [4.78, 5) is 10.7. The van der Waals surface area contributed by atoms with Gasteiger partial charge in [0.2, 0.25) is 0 Å². The lowest BCUT2D eigenvalue weighted by Gasteiger charge is -1.94. The molecule has 0 saturated carbocycles. The fraction of sp³-hybridized carbons (Fsp3) is 0. The normalized spacial score (nSPS) is 9.20. The quantitative estimate of drug-likeness (QED) is 0.417. The van der Waals surface area contributed by atoms with E-state index in [0.29, 0.717) is 5.58 Å². The molecule has 0 aliphatic carbocycles. The van der Waals surface area contributed by atoms with Crippen molar-refractivity contribution in [2.75, 3.05) is 0 Å². The van der Waals surface area contributed by atoms with Gasteiger partial charge in [-0.2, -0.15) is 0 Å². The zero-order valence-corrected chi connectivity index (χ0v) is 7.62. The Kier molecular flexibility index (Phi) is 3.90. The van der Waals surface area contributed by atoms with Crippen LogP contribution in [-0.2, 0) is 0 Å². The predicted octanol–water partition coefficient (Wildman–Crippen LogP) is 0.00380. The van der Waals surface area contributed by atoms with Crippen LogP contribution in [0.25, 0.3) is 11.0 Å². The summed E-state index contributed by atoms with van der Waals surface area (Å²) in [6, 6.07) is 7.65. The maximum atomic E-state index is 10.7. The molecule has 1 radical (unpaired) electrons. The smallest absolute Gasteiger partial charge is 0.482 e. The molecular weight excluding hydrogens is 199 g/mol. The van der Waals surface area contributed by atoms with Gasteiger partial charge in [-0.15, -0.1) is 0 Å². The second-order valence-electron chi connectivity index (χ2n) is 2.59. The monoisotopic (exact) mass is 207 g/mol. The molecule has 1 aromatic heterocycles. The summed E-state index contributed by atoms with van der Waals surface area (Å²) in [5.41, 5.74) is -0.00407. The van der Waals surface area contributed by atoms with Crippen molar-refractivity contribution in [3.8, 4) is 5.75 Å². The summed E-state index contributed by atoms with van der Waals surface area (Å²) in [6.07, 6.45) is 0. The zero-order chi connectivity index (χ0) is 11.3. The Hall–Kier alpha value is -1.79. The third-order valence-corrected chi connectivity index (χ3v) is 1.61. The molecule has 3 N–H and O–H groups in total. The topological polar surface area (TPSA) is 90.9 Å². The highest BCUT2D eigenvalue weighted by Crippen LogP contribution is 2.17. The van der Waals surface area contributed by atoms with Gasteiger partial charge in [-0.25, -0.2) is 4.79 Å². The van der Waals surface area contributed by atoms with E-state index in [-0.39, 0.29) is 13.4 Å². The summed E-state index contributed by atoms with van der Waals surface area (Å²) in [6.45, 7) is 0. The summed E-state index contributed by atoms with van der Waals surface area (Å²) in [5.74, 6) is 0.0943. The highest BCUT2D eigenvalue weighted by Gasteiger charge is 1.96. The van der Waals surface area contributed by atoms with Crippen LogP contribution in [0.3, 0.4) is 0 Å². The van der Waals surface area contributed by atoms with Crippen molar-refractivity contribution < 1.29 is 19.6 Å². The van der Waals surface area contributed by atoms with Gasteiger partial charge < -0.3 is 19.6 Å². The van der Waals surface area contributed by atoms with Crippen LogP contribution in [0.1, 0.15) is 0 Å². The number of fused-ring (bicyclic) bond motifs is 1. The standard InChI is InChI=1S/C9H6O3.BH2O2/c10-7-3-1-6-2-4-9(11)12-8(6)5-7;2-1-3/h1-5,10H;2-3H. The molecule has 1 heterocycles. The molecule has 0 fully saturated rings. The van der Waals surface area contributed by atoms with Crippen molar-refractivity contribution in [2.45, 2.75) is 0 Å². The Balaban J connectivity index is 0.000000337. The van der Waals surface area contributed by atoms with Gasteiger partial charge in [-0.3, -0.25) is 0 Å². The first-order chi connectivity index (χ1) is 7.17. The molecule has 77 valence electrons. The molecule has 0 amide bonds. The van der Waals surface area contributed by atoms with Gasteiger partial charge >= 0.3 is 13.3 Å². The van der Waals surface area contributed by atoms with E-state index in [4.69, 9.17) is 19.6 Å². The maximum absolute atomic E-state index is 10.7. The number of rotatable bonds is 0. The van der Waals surface area contributed by atoms with E-state index < -0.39 is 5.63 Å². The summed E-state index contributed by atoms with van der Waals surface area (Å²) >= 11 is 0. The van der Waals surface area contributed by atoms with Gasteiger partial charge in [0.15, 0.2) is 0 Å². The highest BCUT2D eigenvalue weighted by molar-refractivity contribution is 6.13. The molecule has 15 heavy (non-hydrogen) atoms. The van der Waals surface area contributed by atoms with E-state index in [1.165, 1.54) is 12.1 Å². The second-order valence-corrected chi connectivity index (χ2v) is 2.59.